The first kappa shape index (κ1) is 30.8. The first-order chi connectivity index (χ1) is 21.4. The lowest BCUT2D eigenvalue weighted by Crippen LogP contribution is -2.42. The lowest BCUT2D eigenvalue weighted by molar-refractivity contribution is -0.126. The Labute approximate surface area is 268 Å². The number of rotatable bonds is 9. The molecule has 3 aromatic carbocycles. The molecule has 1 N–H and O–H groups in total. The normalized spacial score (nSPS) is 15.7. The molecule has 3 aromatic rings. The summed E-state index contributed by atoms with van der Waals surface area (Å²) in [6, 6.07) is 22.3. The monoisotopic (exact) mass is 669 g/mol. The number of amides is 3. The highest BCUT2D eigenvalue weighted by Gasteiger charge is 2.35. The number of allylic oxidation sites excluding steroid dienone is 4. The van der Waals surface area contributed by atoms with Crippen LogP contribution in [0.25, 0.3) is 6.08 Å². The largest absolute Gasteiger partial charge is 0.454 e. The quantitative estimate of drug-likeness (QED) is 0.157. The second kappa shape index (κ2) is 14.2. The van der Waals surface area contributed by atoms with Gasteiger partial charge in [0.2, 0.25) is 12.7 Å². The lowest BCUT2D eigenvalue weighted by atomic mass is 9.99. The van der Waals surface area contributed by atoms with Crippen LogP contribution in [-0.4, -0.2) is 40.3 Å². The van der Waals surface area contributed by atoms with E-state index in [1.165, 1.54) is 11.0 Å². The molecule has 0 fully saturated rings. The fourth-order valence-corrected chi connectivity index (χ4v) is 5.84. The van der Waals surface area contributed by atoms with Crippen LogP contribution in [0.5, 0.6) is 11.5 Å². The van der Waals surface area contributed by atoms with Crippen molar-refractivity contribution in [1.82, 2.24) is 10.2 Å². The van der Waals surface area contributed by atoms with Gasteiger partial charge in [0.25, 0.3) is 11.8 Å². The van der Waals surface area contributed by atoms with Gasteiger partial charge in [-0.15, -0.1) is 0 Å². The molecule has 0 aliphatic carbocycles. The Kier molecular flexibility index (Phi) is 9.93. The molecule has 2 aliphatic heterocycles. The van der Waals surface area contributed by atoms with Gasteiger partial charge >= 0.3 is 0 Å². The van der Waals surface area contributed by atoms with Crippen LogP contribution in [-0.2, 0) is 14.4 Å². The maximum Gasteiger partial charge on any atom is 0.285 e. The minimum Gasteiger partial charge on any atom is -0.454 e. The van der Waals surface area contributed by atoms with Crippen LogP contribution in [0.1, 0.15) is 29.7 Å². The van der Waals surface area contributed by atoms with E-state index in [0.29, 0.717) is 27.2 Å². The second-order valence-electron chi connectivity index (χ2n) is 9.54. The van der Waals surface area contributed by atoms with E-state index in [9.17, 15) is 14.4 Å². The Morgan fingerprint density at radius 1 is 1.07 bits per heavy atom. The predicted octanol–water partition coefficient (Wildman–Crippen LogP) is 6.57. The van der Waals surface area contributed by atoms with E-state index >= 15 is 0 Å². The van der Waals surface area contributed by atoms with E-state index in [2.05, 4.69) is 32.8 Å². The van der Waals surface area contributed by atoms with Crippen LogP contribution in [0.3, 0.4) is 0 Å². The molecule has 3 amide bonds. The standard InChI is InChI=1S/C34H28BrN3O5S/c1-3-5-16-25(4-2)38-33(41)26(17-24-18-28-29(19-27(24)35)43-21-42-28)32(40)37-34(38)44-20-30(39)36-31(22-12-8-6-9-13-22)23-14-10-7-11-15-23/h3-19,31H,1,20-21H2,2H3,(H,36,39)/b16-5-,25-4+,26-17-. The fraction of sp³-hybridized carbons (Fsp3) is 0.118. The summed E-state index contributed by atoms with van der Waals surface area (Å²) in [5.74, 6) is -0.597. The molecule has 0 saturated heterocycles. The molecule has 0 spiro atoms. The van der Waals surface area contributed by atoms with Gasteiger partial charge in [-0.1, -0.05) is 113 Å². The molecule has 8 nitrogen and oxygen atoms in total. The molecule has 10 heteroatoms. The summed E-state index contributed by atoms with van der Waals surface area (Å²) < 4.78 is 11.5. The van der Waals surface area contributed by atoms with Gasteiger partial charge in [-0.2, -0.15) is 4.99 Å². The summed E-state index contributed by atoms with van der Waals surface area (Å²) in [7, 11) is 0. The molecule has 222 valence electrons. The molecular weight excluding hydrogens is 642 g/mol. The van der Waals surface area contributed by atoms with Crippen LogP contribution in [0.15, 0.2) is 124 Å². The predicted molar refractivity (Wildman–Crippen MR) is 176 cm³/mol. The van der Waals surface area contributed by atoms with E-state index in [0.717, 1.165) is 22.9 Å². The summed E-state index contributed by atoms with van der Waals surface area (Å²) >= 11 is 4.49. The zero-order chi connectivity index (χ0) is 31.1. The molecule has 5 rings (SSSR count). The number of fused-ring (bicyclic) bond motifs is 1. The third-order valence-corrected chi connectivity index (χ3v) is 8.33. The highest BCUT2D eigenvalue weighted by atomic mass is 79.9. The number of hydrogen-bond acceptors (Lipinski definition) is 6. The van der Waals surface area contributed by atoms with Gasteiger partial charge in [-0.3, -0.25) is 19.3 Å². The smallest absolute Gasteiger partial charge is 0.285 e. The third kappa shape index (κ3) is 6.93. The summed E-state index contributed by atoms with van der Waals surface area (Å²) in [6.07, 6.45) is 8.13. The topological polar surface area (TPSA) is 97.3 Å². The number of ether oxygens (including phenoxy) is 2. The summed E-state index contributed by atoms with van der Waals surface area (Å²) in [4.78, 5) is 46.1. The van der Waals surface area contributed by atoms with Gasteiger partial charge in [-0.25, -0.2) is 0 Å². The second-order valence-corrected chi connectivity index (χ2v) is 11.3. The van der Waals surface area contributed by atoms with Crippen molar-refractivity contribution in [3.63, 3.8) is 0 Å². The maximum atomic E-state index is 13.9. The molecule has 2 aliphatic rings. The Morgan fingerprint density at radius 2 is 1.70 bits per heavy atom. The van der Waals surface area contributed by atoms with E-state index in [1.807, 2.05) is 60.7 Å². The number of amidine groups is 1. The van der Waals surface area contributed by atoms with E-state index in [-0.39, 0.29) is 35.2 Å². The molecule has 0 aromatic heterocycles. The van der Waals surface area contributed by atoms with Gasteiger partial charge in [0, 0.05) is 10.2 Å². The zero-order valence-corrected chi connectivity index (χ0v) is 26.1. The van der Waals surface area contributed by atoms with Crippen LogP contribution in [0, 0.1) is 0 Å². The SMILES string of the molecule is C=C/C=C\C(=C/C)N1C(=O)/C(=C\c2cc3c(cc2Br)OCO3)C(=O)N=C1SCC(=O)NC(c1ccccc1)c1ccccc1. The molecule has 0 radical (unpaired) electrons. The summed E-state index contributed by atoms with van der Waals surface area (Å²) in [5.41, 5.74) is 2.73. The molecule has 44 heavy (non-hydrogen) atoms. The Bertz CT molecular complexity index is 1680. The van der Waals surface area contributed by atoms with Crippen molar-refractivity contribution in [3.8, 4) is 11.5 Å². The minimum atomic E-state index is -0.715. The maximum absolute atomic E-state index is 13.9. The number of carbonyl (C=O) groups is 3. The number of benzene rings is 3. The van der Waals surface area contributed by atoms with Crippen molar-refractivity contribution >= 4 is 56.7 Å². The molecule has 2 heterocycles. The van der Waals surface area contributed by atoms with Gasteiger partial charge in [0.1, 0.15) is 5.57 Å². The van der Waals surface area contributed by atoms with E-state index < -0.39 is 11.8 Å². The Morgan fingerprint density at radius 3 is 2.32 bits per heavy atom. The van der Waals surface area contributed by atoms with Gasteiger partial charge in [0.05, 0.1) is 11.8 Å². The van der Waals surface area contributed by atoms with E-state index in [1.54, 1.807) is 43.4 Å². The average molecular weight is 671 g/mol. The number of nitrogens with one attached hydrogen (secondary N) is 1. The first-order valence-corrected chi connectivity index (χ1v) is 15.4. The molecule has 0 unspecified atom stereocenters. The van der Waals surface area contributed by atoms with Crippen molar-refractivity contribution in [1.29, 1.82) is 0 Å². The van der Waals surface area contributed by atoms with Crippen molar-refractivity contribution in [2.75, 3.05) is 12.5 Å². The third-order valence-electron chi connectivity index (χ3n) is 6.70. The minimum absolute atomic E-state index is 0.0824. The lowest BCUT2D eigenvalue weighted by Gasteiger charge is -2.28. The summed E-state index contributed by atoms with van der Waals surface area (Å²) in [6.45, 7) is 5.56. The average Bonchev–Trinajstić information content (AvgIpc) is 3.49. The van der Waals surface area contributed by atoms with Crippen molar-refractivity contribution < 1.29 is 23.9 Å². The van der Waals surface area contributed by atoms with Crippen molar-refractivity contribution in [3.05, 3.63) is 136 Å². The van der Waals surface area contributed by atoms with Crippen LogP contribution in [0.4, 0.5) is 0 Å². The molecule has 0 atom stereocenters. The van der Waals surface area contributed by atoms with Crippen LogP contribution < -0.4 is 14.8 Å². The van der Waals surface area contributed by atoms with Gasteiger partial charge < -0.3 is 14.8 Å². The number of thioether (sulfide) groups is 1. The molecular formula is C34H28BrN3O5S. The van der Waals surface area contributed by atoms with Crippen LogP contribution >= 0.6 is 27.7 Å². The number of aliphatic imine (C=N–C) groups is 1. The summed E-state index contributed by atoms with van der Waals surface area (Å²) in [5, 5.41) is 3.18. The first-order valence-electron chi connectivity index (χ1n) is 13.7. The van der Waals surface area contributed by atoms with Crippen LogP contribution in [0.2, 0.25) is 0 Å². The van der Waals surface area contributed by atoms with Crippen molar-refractivity contribution in [2.45, 2.75) is 13.0 Å². The Balaban J connectivity index is 1.42. The number of halogens is 1. The molecule has 0 bridgehead atoms. The van der Waals surface area contributed by atoms with Crippen molar-refractivity contribution in [2.24, 2.45) is 4.99 Å². The zero-order valence-electron chi connectivity index (χ0n) is 23.7. The fourth-order valence-electron chi connectivity index (χ4n) is 4.59. The van der Waals surface area contributed by atoms with Gasteiger partial charge in [0.15, 0.2) is 16.7 Å². The highest BCUT2D eigenvalue weighted by Crippen LogP contribution is 2.38. The van der Waals surface area contributed by atoms with E-state index in [4.69, 9.17) is 9.47 Å². The van der Waals surface area contributed by atoms with Gasteiger partial charge in [-0.05, 0) is 47.9 Å². The molecule has 0 saturated carbocycles. The number of nitrogens with zero attached hydrogens (tertiary/aromatic N) is 2. The Hall–Kier alpha value is -4.67. The highest BCUT2D eigenvalue weighted by molar-refractivity contribution is 9.10. The number of hydrogen-bond donors (Lipinski definition) is 1. The number of carbonyl (C=O) groups excluding carboxylic acids is 3.